The number of piperazine rings is 1. The number of aryl methyl sites for hydroxylation is 2. The first-order valence-corrected chi connectivity index (χ1v) is 6.90. The molecular formula is C14H20N4O3. The molecule has 1 aromatic rings. The number of aliphatic carboxylic acids is 1. The summed E-state index contributed by atoms with van der Waals surface area (Å²) in [5, 5.41) is 11.6. The number of nitrogens with one attached hydrogen (secondary N) is 1. The number of urea groups is 1. The number of nitrogens with zero attached hydrogens (tertiary/aromatic N) is 3. The van der Waals surface area contributed by atoms with Crippen molar-refractivity contribution in [2.24, 2.45) is 0 Å². The van der Waals surface area contributed by atoms with Gasteiger partial charge in [-0.3, -0.25) is 14.7 Å². The van der Waals surface area contributed by atoms with Crippen molar-refractivity contribution in [3.63, 3.8) is 0 Å². The lowest BCUT2D eigenvalue weighted by molar-refractivity contribution is -0.138. The lowest BCUT2D eigenvalue weighted by Gasteiger charge is -2.33. The molecule has 1 aromatic heterocycles. The van der Waals surface area contributed by atoms with Gasteiger partial charge in [-0.1, -0.05) is 0 Å². The Labute approximate surface area is 123 Å². The molecule has 7 nitrogen and oxygen atoms in total. The molecule has 7 heteroatoms. The van der Waals surface area contributed by atoms with Crippen LogP contribution in [-0.2, 0) is 4.79 Å². The van der Waals surface area contributed by atoms with E-state index >= 15 is 0 Å². The number of hydrogen-bond donors (Lipinski definition) is 2. The molecule has 0 bridgehead atoms. The summed E-state index contributed by atoms with van der Waals surface area (Å²) >= 11 is 0. The van der Waals surface area contributed by atoms with Crippen LogP contribution in [0.2, 0.25) is 0 Å². The third-order valence-electron chi connectivity index (χ3n) is 3.49. The number of carbonyl (C=O) groups excluding carboxylic acids is 1. The number of carboxylic acid groups (broad SMARTS) is 1. The molecule has 0 radical (unpaired) electrons. The van der Waals surface area contributed by atoms with E-state index in [1.807, 2.05) is 30.9 Å². The standard InChI is InChI=1S/C14H20N4O3/c1-10-3-4-12(11(2)15-10)16-14(21)18-7-5-17(6-8-18)9-13(19)20/h3-4H,5-9H2,1-2H3,(H,16,21)(H,19,20). The van der Waals surface area contributed by atoms with Gasteiger partial charge in [0.05, 0.1) is 17.9 Å². The van der Waals surface area contributed by atoms with E-state index in [2.05, 4.69) is 10.3 Å². The minimum absolute atomic E-state index is 0.0243. The third-order valence-corrected chi connectivity index (χ3v) is 3.49. The van der Waals surface area contributed by atoms with Gasteiger partial charge in [0.2, 0.25) is 0 Å². The molecule has 21 heavy (non-hydrogen) atoms. The predicted molar refractivity (Wildman–Crippen MR) is 78.4 cm³/mol. The minimum Gasteiger partial charge on any atom is -0.480 e. The highest BCUT2D eigenvalue weighted by Crippen LogP contribution is 2.14. The van der Waals surface area contributed by atoms with Crippen molar-refractivity contribution in [3.05, 3.63) is 23.5 Å². The number of rotatable bonds is 3. The Morgan fingerprint density at radius 1 is 1.24 bits per heavy atom. The normalized spacial score (nSPS) is 15.8. The van der Waals surface area contributed by atoms with Crippen molar-refractivity contribution in [1.82, 2.24) is 14.8 Å². The maximum absolute atomic E-state index is 12.2. The van der Waals surface area contributed by atoms with Gasteiger partial charge < -0.3 is 15.3 Å². The van der Waals surface area contributed by atoms with Crippen molar-refractivity contribution < 1.29 is 14.7 Å². The zero-order valence-corrected chi connectivity index (χ0v) is 12.3. The Kier molecular flexibility index (Phi) is 4.74. The first-order valence-electron chi connectivity index (χ1n) is 6.90. The quantitative estimate of drug-likeness (QED) is 0.865. The summed E-state index contributed by atoms with van der Waals surface area (Å²) in [6.45, 7) is 5.98. The van der Waals surface area contributed by atoms with Gasteiger partial charge in [0.25, 0.3) is 0 Å². The number of pyridine rings is 1. The van der Waals surface area contributed by atoms with Crippen molar-refractivity contribution in [3.8, 4) is 0 Å². The van der Waals surface area contributed by atoms with Gasteiger partial charge in [-0.25, -0.2) is 4.79 Å². The van der Waals surface area contributed by atoms with Crippen LogP contribution in [0.1, 0.15) is 11.4 Å². The van der Waals surface area contributed by atoms with E-state index < -0.39 is 5.97 Å². The molecule has 2 heterocycles. The van der Waals surface area contributed by atoms with Gasteiger partial charge >= 0.3 is 12.0 Å². The molecule has 2 rings (SSSR count). The fraction of sp³-hybridized carbons (Fsp3) is 0.500. The second-order valence-electron chi connectivity index (χ2n) is 5.17. The molecule has 1 fully saturated rings. The Hall–Kier alpha value is -2.15. The Balaban J connectivity index is 1.89. The number of aromatic nitrogens is 1. The maximum atomic E-state index is 12.2. The molecule has 2 amide bonds. The summed E-state index contributed by atoms with van der Waals surface area (Å²) in [4.78, 5) is 30.7. The van der Waals surface area contributed by atoms with Crippen molar-refractivity contribution in [1.29, 1.82) is 0 Å². The van der Waals surface area contributed by atoms with Crippen LogP contribution in [0.5, 0.6) is 0 Å². The Morgan fingerprint density at radius 2 is 1.90 bits per heavy atom. The molecule has 1 aliphatic rings. The average Bonchev–Trinajstić information content (AvgIpc) is 2.42. The van der Waals surface area contributed by atoms with Crippen molar-refractivity contribution in [2.45, 2.75) is 13.8 Å². The molecule has 0 spiro atoms. The first kappa shape index (κ1) is 15.2. The number of hydrogen-bond acceptors (Lipinski definition) is 4. The van der Waals surface area contributed by atoms with E-state index in [1.165, 1.54) is 0 Å². The lowest BCUT2D eigenvalue weighted by Crippen LogP contribution is -2.51. The smallest absolute Gasteiger partial charge is 0.321 e. The maximum Gasteiger partial charge on any atom is 0.321 e. The predicted octanol–water partition coefficient (Wildman–Crippen LogP) is 0.933. The van der Waals surface area contributed by atoms with Crippen LogP contribution in [0.25, 0.3) is 0 Å². The van der Waals surface area contributed by atoms with Gasteiger partial charge in [-0.15, -0.1) is 0 Å². The van der Waals surface area contributed by atoms with Gasteiger partial charge in [-0.05, 0) is 26.0 Å². The van der Waals surface area contributed by atoms with Gasteiger partial charge in [-0.2, -0.15) is 0 Å². The molecule has 0 aliphatic carbocycles. The first-order chi connectivity index (χ1) is 9.95. The molecule has 0 aromatic carbocycles. The second-order valence-corrected chi connectivity index (χ2v) is 5.17. The van der Waals surface area contributed by atoms with E-state index in [4.69, 9.17) is 5.11 Å². The highest BCUT2D eigenvalue weighted by Gasteiger charge is 2.22. The zero-order chi connectivity index (χ0) is 15.4. The molecule has 0 unspecified atom stereocenters. The SMILES string of the molecule is Cc1ccc(NC(=O)N2CCN(CC(=O)O)CC2)c(C)n1. The summed E-state index contributed by atoms with van der Waals surface area (Å²) in [5.41, 5.74) is 2.40. The van der Waals surface area contributed by atoms with E-state index in [9.17, 15) is 9.59 Å². The number of anilines is 1. The Morgan fingerprint density at radius 3 is 2.48 bits per heavy atom. The molecule has 0 atom stereocenters. The van der Waals surface area contributed by atoms with Crippen LogP contribution in [-0.4, -0.2) is 64.6 Å². The highest BCUT2D eigenvalue weighted by atomic mass is 16.4. The third kappa shape index (κ3) is 4.16. The topological polar surface area (TPSA) is 85.8 Å². The number of carboxylic acids is 1. The summed E-state index contributed by atoms with van der Waals surface area (Å²) in [5.74, 6) is -0.839. The molecule has 1 saturated heterocycles. The van der Waals surface area contributed by atoms with E-state index in [0.29, 0.717) is 31.9 Å². The fourth-order valence-electron chi connectivity index (χ4n) is 2.31. The van der Waals surface area contributed by atoms with E-state index in [0.717, 1.165) is 11.4 Å². The largest absolute Gasteiger partial charge is 0.480 e. The van der Waals surface area contributed by atoms with Crippen LogP contribution >= 0.6 is 0 Å². The summed E-state index contributed by atoms with van der Waals surface area (Å²) < 4.78 is 0. The van der Waals surface area contributed by atoms with E-state index in [-0.39, 0.29) is 12.6 Å². The van der Waals surface area contributed by atoms with Crippen molar-refractivity contribution in [2.75, 3.05) is 38.0 Å². The van der Waals surface area contributed by atoms with Crippen LogP contribution in [0, 0.1) is 13.8 Å². The number of carbonyl (C=O) groups is 2. The second kappa shape index (κ2) is 6.53. The lowest BCUT2D eigenvalue weighted by atomic mass is 10.2. The highest BCUT2D eigenvalue weighted by molar-refractivity contribution is 5.90. The van der Waals surface area contributed by atoms with E-state index in [1.54, 1.807) is 4.90 Å². The van der Waals surface area contributed by atoms with Crippen LogP contribution in [0.4, 0.5) is 10.5 Å². The molecule has 114 valence electrons. The monoisotopic (exact) mass is 292 g/mol. The van der Waals surface area contributed by atoms with Gasteiger partial charge in [0.1, 0.15) is 0 Å². The molecular weight excluding hydrogens is 272 g/mol. The fourth-order valence-corrected chi connectivity index (χ4v) is 2.31. The summed E-state index contributed by atoms with van der Waals surface area (Å²) in [7, 11) is 0. The molecule has 1 aliphatic heterocycles. The van der Waals surface area contributed by atoms with Gasteiger partial charge in [0.15, 0.2) is 0 Å². The molecule has 2 N–H and O–H groups in total. The average molecular weight is 292 g/mol. The zero-order valence-electron chi connectivity index (χ0n) is 12.3. The van der Waals surface area contributed by atoms with Crippen molar-refractivity contribution >= 4 is 17.7 Å². The Bertz CT molecular complexity index is 539. The number of amides is 2. The van der Waals surface area contributed by atoms with Gasteiger partial charge in [0, 0.05) is 31.9 Å². The summed E-state index contributed by atoms with van der Waals surface area (Å²) in [6, 6.07) is 3.53. The minimum atomic E-state index is -0.839. The molecule has 0 saturated carbocycles. The van der Waals surface area contributed by atoms with Crippen LogP contribution < -0.4 is 5.32 Å². The summed E-state index contributed by atoms with van der Waals surface area (Å²) in [6.07, 6.45) is 0. The van der Waals surface area contributed by atoms with Crippen LogP contribution in [0.3, 0.4) is 0 Å². The van der Waals surface area contributed by atoms with Crippen LogP contribution in [0.15, 0.2) is 12.1 Å².